The molecule has 2 rings (SSSR count). The predicted molar refractivity (Wildman–Crippen MR) is 91.2 cm³/mol. The van der Waals surface area contributed by atoms with Crippen LogP contribution in [-0.4, -0.2) is 25.7 Å². The van der Waals surface area contributed by atoms with Crippen LogP contribution in [0.1, 0.15) is 29.8 Å². The molecule has 0 aliphatic rings. The van der Waals surface area contributed by atoms with Crippen molar-refractivity contribution >= 4 is 5.91 Å². The number of rotatable bonds is 7. The van der Waals surface area contributed by atoms with Gasteiger partial charge < -0.3 is 14.8 Å². The van der Waals surface area contributed by atoms with E-state index in [1.54, 1.807) is 7.11 Å². The zero-order valence-corrected chi connectivity index (χ0v) is 13.8. The lowest BCUT2D eigenvalue weighted by Crippen LogP contribution is -2.30. The molecule has 2 aromatic rings. The van der Waals surface area contributed by atoms with E-state index in [4.69, 9.17) is 9.47 Å². The smallest absolute Gasteiger partial charge is 0.251 e. The lowest BCUT2D eigenvalue weighted by atomic mass is 10.1. The number of carbonyl (C=O) groups is 1. The highest BCUT2D eigenvalue weighted by Gasteiger charge is 2.07. The molecule has 4 heteroatoms. The third kappa shape index (κ3) is 5.33. The standard InChI is InChI=1S/C19H23NO3/c1-14(2)20-19(21)16-7-4-6-15(12-16)10-11-23-18-9-5-8-17(13-18)22-3/h4-9,12-14H,10-11H2,1-3H3,(H,20,21). The van der Waals surface area contributed by atoms with Gasteiger partial charge in [0.15, 0.2) is 0 Å². The van der Waals surface area contributed by atoms with Crippen molar-refractivity contribution in [1.29, 1.82) is 0 Å². The Morgan fingerprint density at radius 3 is 2.57 bits per heavy atom. The van der Waals surface area contributed by atoms with E-state index in [9.17, 15) is 4.79 Å². The van der Waals surface area contributed by atoms with Crippen LogP contribution in [-0.2, 0) is 6.42 Å². The van der Waals surface area contributed by atoms with Gasteiger partial charge in [0, 0.05) is 24.1 Å². The summed E-state index contributed by atoms with van der Waals surface area (Å²) < 4.78 is 10.9. The molecule has 0 fully saturated rings. The second-order valence-electron chi connectivity index (χ2n) is 5.61. The lowest BCUT2D eigenvalue weighted by molar-refractivity contribution is 0.0943. The van der Waals surface area contributed by atoms with Crippen LogP contribution in [0.4, 0.5) is 0 Å². The van der Waals surface area contributed by atoms with Crippen molar-refractivity contribution in [2.75, 3.05) is 13.7 Å². The third-order valence-corrected chi connectivity index (χ3v) is 3.31. The van der Waals surface area contributed by atoms with Crippen molar-refractivity contribution in [3.8, 4) is 11.5 Å². The molecule has 0 unspecified atom stereocenters. The minimum atomic E-state index is -0.0458. The summed E-state index contributed by atoms with van der Waals surface area (Å²) in [6.07, 6.45) is 0.736. The highest BCUT2D eigenvalue weighted by Crippen LogP contribution is 2.19. The monoisotopic (exact) mass is 313 g/mol. The highest BCUT2D eigenvalue weighted by molar-refractivity contribution is 5.94. The Kier molecular flexibility index (Phi) is 6.03. The van der Waals surface area contributed by atoms with Crippen molar-refractivity contribution in [3.63, 3.8) is 0 Å². The molecule has 122 valence electrons. The number of hydrogen-bond acceptors (Lipinski definition) is 3. The van der Waals surface area contributed by atoms with Crippen LogP contribution in [0, 0.1) is 0 Å². The fraction of sp³-hybridized carbons (Fsp3) is 0.316. The van der Waals surface area contributed by atoms with E-state index in [2.05, 4.69) is 5.32 Å². The van der Waals surface area contributed by atoms with E-state index in [0.717, 1.165) is 23.5 Å². The number of hydrogen-bond donors (Lipinski definition) is 1. The Morgan fingerprint density at radius 2 is 1.83 bits per heavy atom. The number of carbonyl (C=O) groups excluding carboxylic acids is 1. The molecule has 23 heavy (non-hydrogen) atoms. The molecule has 0 bridgehead atoms. The molecule has 2 aromatic carbocycles. The molecule has 0 aliphatic heterocycles. The van der Waals surface area contributed by atoms with Gasteiger partial charge in [-0.1, -0.05) is 18.2 Å². The number of ether oxygens (including phenoxy) is 2. The summed E-state index contributed by atoms with van der Waals surface area (Å²) in [4.78, 5) is 12.0. The van der Waals surface area contributed by atoms with Gasteiger partial charge >= 0.3 is 0 Å². The van der Waals surface area contributed by atoms with E-state index in [-0.39, 0.29) is 11.9 Å². The quantitative estimate of drug-likeness (QED) is 0.851. The summed E-state index contributed by atoms with van der Waals surface area (Å²) in [5, 5.41) is 2.90. The minimum absolute atomic E-state index is 0.0458. The average Bonchev–Trinajstić information content (AvgIpc) is 2.55. The van der Waals surface area contributed by atoms with Crippen molar-refractivity contribution in [2.45, 2.75) is 26.3 Å². The third-order valence-electron chi connectivity index (χ3n) is 3.31. The van der Waals surface area contributed by atoms with Crippen LogP contribution in [0.5, 0.6) is 11.5 Å². The van der Waals surface area contributed by atoms with E-state index in [1.807, 2.05) is 62.4 Å². The van der Waals surface area contributed by atoms with Crippen LogP contribution in [0.2, 0.25) is 0 Å². The fourth-order valence-corrected chi connectivity index (χ4v) is 2.19. The molecule has 0 aromatic heterocycles. The van der Waals surface area contributed by atoms with Gasteiger partial charge in [0.2, 0.25) is 0 Å². The second kappa shape index (κ2) is 8.22. The first-order valence-electron chi connectivity index (χ1n) is 7.75. The number of benzene rings is 2. The van der Waals surface area contributed by atoms with Gasteiger partial charge in [0.25, 0.3) is 5.91 Å². The van der Waals surface area contributed by atoms with Crippen molar-refractivity contribution in [3.05, 3.63) is 59.7 Å². The molecular formula is C19H23NO3. The first-order chi connectivity index (χ1) is 11.1. The Labute approximate surface area is 137 Å². The van der Waals surface area contributed by atoms with Crippen LogP contribution >= 0.6 is 0 Å². The molecule has 0 radical (unpaired) electrons. The minimum Gasteiger partial charge on any atom is -0.497 e. The molecule has 1 N–H and O–H groups in total. The van der Waals surface area contributed by atoms with Crippen LogP contribution in [0.15, 0.2) is 48.5 Å². The Bertz CT molecular complexity index is 653. The molecular weight excluding hydrogens is 290 g/mol. The van der Waals surface area contributed by atoms with Gasteiger partial charge in [-0.15, -0.1) is 0 Å². The molecule has 0 aliphatic carbocycles. The van der Waals surface area contributed by atoms with Crippen molar-refractivity contribution in [1.82, 2.24) is 5.32 Å². The second-order valence-corrected chi connectivity index (χ2v) is 5.61. The largest absolute Gasteiger partial charge is 0.497 e. The molecule has 0 saturated carbocycles. The van der Waals surface area contributed by atoms with Gasteiger partial charge in [0.1, 0.15) is 11.5 Å². The van der Waals surface area contributed by atoms with Gasteiger partial charge in [-0.25, -0.2) is 0 Å². The fourth-order valence-electron chi connectivity index (χ4n) is 2.19. The van der Waals surface area contributed by atoms with Gasteiger partial charge in [-0.2, -0.15) is 0 Å². The number of nitrogens with one attached hydrogen (secondary N) is 1. The SMILES string of the molecule is COc1cccc(OCCc2cccc(C(=O)NC(C)C)c2)c1. The van der Waals surface area contributed by atoms with Crippen molar-refractivity contribution in [2.24, 2.45) is 0 Å². The first-order valence-corrected chi connectivity index (χ1v) is 7.75. The molecule has 0 saturated heterocycles. The molecule has 0 heterocycles. The zero-order valence-electron chi connectivity index (χ0n) is 13.8. The maximum absolute atomic E-state index is 12.0. The molecule has 0 spiro atoms. The van der Waals surface area contributed by atoms with Crippen LogP contribution < -0.4 is 14.8 Å². The molecule has 0 atom stereocenters. The Morgan fingerprint density at radius 1 is 1.09 bits per heavy atom. The van der Waals surface area contributed by atoms with Crippen LogP contribution in [0.25, 0.3) is 0 Å². The zero-order chi connectivity index (χ0) is 16.7. The molecule has 1 amide bonds. The summed E-state index contributed by atoms with van der Waals surface area (Å²) in [6.45, 7) is 4.44. The highest BCUT2D eigenvalue weighted by atomic mass is 16.5. The summed E-state index contributed by atoms with van der Waals surface area (Å²) in [6, 6.07) is 15.3. The van der Waals surface area contributed by atoms with Gasteiger partial charge in [-0.05, 0) is 43.7 Å². The number of amides is 1. The summed E-state index contributed by atoms with van der Waals surface area (Å²) in [5.74, 6) is 1.50. The Hall–Kier alpha value is -2.49. The Balaban J connectivity index is 1.91. The lowest BCUT2D eigenvalue weighted by Gasteiger charge is -2.10. The maximum atomic E-state index is 12.0. The normalized spacial score (nSPS) is 10.4. The van der Waals surface area contributed by atoms with Crippen molar-refractivity contribution < 1.29 is 14.3 Å². The van der Waals surface area contributed by atoms with E-state index >= 15 is 0 Å². The topological polar surface area (TPSA) is 47.6 Å². The van der Waals surface area contributed by atoms with Crippen LogP contribution in [0.3, 0.4) is 0 Å². The van der Waals surface area contributed by atoms with E-state index in [1.165, 1.54) is 0 Å². The maximum Gasteiger partial charge on any atom is 0.251 e. The van der Waals surface area contributed by atoms with E-state index < -0.39 is 0 Å². The van der Waals surface area contributed by atoms with Gasteiger partial charge in [-0.3, -0.25) is 4.79 Å². The summed E-state index contributed by atoms with van der Waals surface area (Å²) in [7, 11) is 1.63. The van der Waals surface area contributed by atoms with Gasteiger partial charge in [0.05, 0.1) is 13.7 Å². The summed E-state index contributed by atoms with van der Waals surface area (Å²) >= 11 is 0. The number of methoxy groups -OCH3 is 1. The first kappa shape index (κ1) is 16.9. The molecule has 4 nitrogen and oxygen atoms in total. The predicted octanol–water partition coefficient (Wildman–Crippen LogP) is 3.45. The van der Waals surface area contributed by atoms with E-state index in [0.29, 0.717) is 12.2 Å². The summed E-state index contributed by atoms with van der Waals surface area (Å²) in [5.41, 5.74) is 1.75. The average molecular weight is 313 g/mol.